The van der Waals surface area contributed by atoms with Gasteiger partial charge in [0.2, 0.25) is 15.9 Å². The summed E-state index contributed by atoms with van der Waals surface area (Å²) in [5.41, 5.74) is -5.73. The monoisotopic (exact) mass is 310 g/mol. The van der Waals surface area contributed by atoms with Crippen LogP contribution in [0.1, 0.15) is 0 Å². The standard InChI is InChI=1S/C6H9F3N2O5S2/c1-2-5(12)10-3-4-17(13,14)11-18(15,16)6(7,8)9/h2,11H,1,3-4H2,(H,10,12). The first kappa shape index (κ1) is 16.9. The van der Waals surface area contributed by atoms with E-state index in [2.05, 4.69) is 6.58 Å². The van der Waals surface area contributed by atoms with E-state index in [4.69, 9.17) is 0 Å². The van der Waals surface area contributed by atoms with Crippen molar-refractivity contribution in [1.29, 1.82) is 0 Å². The van der Waals surface area contributed by atoms with Gasteiger partial charge in [0, 0.05) is 6.54 Å². The zero-order valence-corrected chi connectivity index (χ0v) is 10.3. The number of rotatable bonds is 6. The Balaban J connectivity index is 4.61. The minimum Gasteiger partial charge on any atom is -0.351 e. The van der Waals surface area contributed by atoms with E-state index in [1.54, 1.807) is 0 Å². The lowest BCUT2D eigenvalue weighted by molar-refractivity contribution is -0.116. The molecule has 0 aromatic heterocycles. The first-order valence-electron chi connectivity index (χ1n) is 4.14. The summed E-state index contributed by atoms with van der Waals surface area (Å²) in [7, 11) is -10.7. The molecule has 12 heteroatoms. The fraction of sp³-hybridized carbons (Fsp3) is 0.500. The van der Waals surface area contributed by atoms with E-state index in [0.717, 1.165) is 6.08 Å². The van der Waals surface area contributed by atoms with Gasteiger partial charge in [0.1, 0.15) is 0 Å². The summed E-state index contributed by atoms with van der Waals surface area (Å²) in [6, 6.07) is 0. The highest BCUT2D eigenvalue weighted by Crippen LogP contribution is 2.22. The third-order valence-corrected chi connectivity index (χ3v) is 4.64. The highest BCUT2D eigenvalue weighted by atomic mass is 32.3. The molecule has 0 atom stereocenters. The topological polar surface area (TPSA) is 109 Å². The summed E-state index contributed by atoms with van der Waals surface area (Å²) in [6.45, 7) is 2.48. The Bertz CT molecular complexity index is 522. The van der Waals surface area contributed by atoms with Crippen LogP contribution in [0.25, 0.3) is 0 Å². The normalized spacial score (nSPS) is 13.1. The predicted molar refractivity (Wildman–Crippen MR) is 55.1 cm³/mol. The molecular formula is C6H9F3N2O5S2. The lowest BCUT2D eigenvalue weighted by Gasteiger charge is -2.10. The van der Waals surface area contributed by atoms with Crippen molar-refractivity contribution in [2.45, 2.75) is 5.51 Å². The number of carbonyl (C=O) groups excluding carboxylic acids is 1. The molecule has 2 N–H and O–H groups in total. The Hall–Kier alpha value is -1.14. The summed E-state index contributed by atoms with van der Waals surface area (Å²) in [5.74, 6) is -1.77. The summed E-state index contributed by atoms with van der Waals surface area (Å²) < 4.78 is 79.1. The van der Waals surface area contributed by atoms with E-state index in [1.807, 2.05) is 5.32 Å². The van der Waals surface area contributed by atoms with Gasteiger partial charge in [-0.05, 0) is 6.08 Å². The molecule has 7 nitrogen and oxygen atoms in total. The summed E-state index contributed by atoms with van der Waals surface area (Å²) in [4.78, 5) is 10.6. The average Bonchev–Trinajstić information content (AvgIpc) is 2.13. The van der Waals surface area contributed by atoms with Gasteiger partial charge in [0.25, 0.3) is 0 Å². The molecule has 0 aromatic rings. The Morgan fingerprint density at radius 2 is 1.72 bits per heavy atom. The van der Waals surface area contributed by atoms with Crippen molar-refractivity contribution in [1.82, 2.24) is 9.44 Å². The predicted octanol–water partition coefficient (Wildman–Crippen LogP) is -0.942. The van der Waals surface area contributed by atoms with Crippen molar-refractivity contribution >= 4 is 26.0 Å². The van der Waals surface area contributed by atoms with Crippen LogP contribution in [0.15, 0.2) is 12.7 Å². The Labute approximate surface area is 101 Å². The third kappa shape index (κ3) is 5.46. The number of carbonyl (C=O) groups is 1. The van der Waals surface area contributed by atoms with Crippen LogP contribution in [0.5, 0.6) is 0 Å². The maximum atomic E-state index is 11.9. The maximum absolute atomic E-state index is 11.9. The minimum absolute atomic E-state index is 0.507. The van der Waals surface area contributed by atoms with Gasteiger partial charge >= 0.3 is 15.5 Å². The molecule has 18 heavy (non-hydrogen) atoms. The molecule has 0 unspecified atom stereocenters. The summed E-state index contributed by atoms with van der Waals surface area (Å²) in [6.07, 6.45) is 0.812. The number of hydrogen-bond acceptors (Lipinski definition) is 5. The van der Waals surface area contributed by atoms with Gasteiger partial charge < -0.3 is 5.32 Å². The fourth-order valence-electron chi connectivity index (χ4n) is 0.637. The van der Waals surface area contributed by atoms with Crippen molar-refractivity contribution in [2.75, 3.05) is 12.3 Å². The molecule has 0 saturated carbocycles. The van der Waals surface area contributed by atoms with E-state index in [-0.39, 0.29) is 0 Å². The molecule has 0 rings (SSSR count). The molecule has 0 heterocycles. The number of hydrogen-bond donors (Lipinski definition) is 2. The van der Waals surface area contributed by atoms with Crippen LogP contribution in [0.4, 0.5) is 13.2 Å². The van der Waals surface area contributed by atoms with Crippen molar-refractivity contribution in [3.8, 4) is 0 Å². The van der Waals surface area contributed by atoms with E-state index in [0.29, 0.717) is 4.13 Å². The van der Waals surface area contributed by atoms with Gasteiger partial charge in [-0.2, -0.15) is 13.2 Å². The largest absolute Gasteiger partial charge is 0.512 e. The zero-order chi connectivity index (χ0) is 14.6. The minimum atomic E-state index is -5.98. The quantitative estimate of drug-likeness (QED) is 0.615. The number of alkyl halides is 3. The van der Waals surface area contributed by atoms with Crippen LogP contribution in [0.3, 0.4) is 0 Å². The maximum Gasteiger partial charge on any atom is 0.512 e. The van der Waals surface area contributed by atoms with E-state index >= 15 is 0 Å². The molecule has 0 saturated heterocycles. The van der Waals surface area contributed by atoms with Crippen LogP contribution in [-0.2, 0) is 24.8 Å². The van der Waals surface area contributed by atoms with E-state index in [1.165, 1.54) is 0 Å². The van der Waals surface area contributed by atoms with Crippen LogP contribution in [-0.4, -0.2) is 40.5 Å². The Morgan fingerprint density at radius 3 is 2.11 bits per heavy atom. The lowest BCUT2D eigenvalue weighted by Crippen LogP contribution is -2.43. The molecule has 1 amide bonds. The van der Waals surface area contributed by atoms with Crippen LogP contribution in [0.2, 0.25) is 0 Å². The second-order valence-electron chi connectivity index (χ2n) is 2.85. The molecule has 0 aliphatic heterocycles. The highest BCUT2D eigenvalue weighted by Gasteiger charge is 2.48. The first-order chi connectivity index (χ1) is 7.91. The molecule has 0 aromatic carbocycles. The molecule has 106 valence electrons. The average molecular weight is 310 g/mol. The molecule has 0 spiro atoms. The highest BCUT2D eigenvalue weighted by molar-refractivity contribution is 8.05. The smallest absolute Gasteiger partial charge is 0.351 e. The SMILES string of the molecule is C=CC(=O)NCCS(=O)(=O)NS(=O)(=O)C(F)(F)F. The number of nitrogens with one attached hydrogen (secondary N) is 2. The third-order valence-electron chi connectivity index (χ3n) is 1.40. The van der Waals surface area contributed by atoms with Crippen molar-refractivity contribution in [2.24, 2.45) is 0 Å². The molecule has 0 aliphatic carbocycles. The zero-order valence-electron chi connectivity index (χ0n) is 8.69. The van der Waals surface area contributed by atoms with Gasteiger partial charge in [0.05, 0.1) is 5.75 Å². The molecule has 0 radical (unpaired) electrons. The molecule has 0 fully saturated rings. The van der Waals surface area contributed by atoms with Crippen molar-refractivity contribution in [3.63, 3.8) is 0 Å². The van der Waals surface area contributed by atoms with Crippen LogP contribution < -0.4 is 9.44 Å². The second kappa shape index (κ2) is 5.67. The van der Waals surface area contributed by atoms with E-state index in [9.17, 15) is 34.8 Å². The van der Waals surface area contributed by atoms with Gasteiger partial charge in [-0.3, -0.25) is 4.79 Å². The second-order valence-corrected chi connectivity index (χ2v) is 6.62. The van der Waals surface area contributed by atoms with Crippen LogP contribution >= 0.6 is 0 Å². The van der Waals surface area contributed by atoms with Gasteiger partial charge in [-0.1, -0.05) is 6.58 Å². The number of amides is 1. The molecule has 0 bridgehead atoms. The summed E-state index contributed by atoms with van der Waals surface area (Å²) in [5, 5.41) is 1.96. The number of halogens is 3. The van der Waals surface area contributed by atoms with Crippen LogP contribution in [0, 0.1) is 0 Å². The Morgan fingerprint density at radius 1 is 1.22 bits per heavy atom. The van der Waals surface area contributed by atoms with Crippen molar-refractivity contribution < 1.29 is 34.8 Å². The van der Waals surface area contributed by atoms with E-state index < -0.39 is 43.8 Å². The molecular weight excluding hydrogens is 301 g/mol. The lowest BCUT2D eigenvalue weighted by atomic mass is 10.6. The van der Waals surface area contributed by atoms with Crippen molar-refractivity contribution in [3.05, 3.63) is 12.7 Å². The van der Waals surface area contributed by atoms with Gasteiger partial charge in [0.15, 0.2) is 0 Å². The summed E-state index contributed by atoms with van der Waals surface area (Å²) >= 11 is 0. The number of sulfonamides is 2. The van der Waals surface area contributed by atoms with Gasteiger partial charge in [-0.25, -0.2) is 16.8 Å². The first-order valence-corrected chi connectivity index (χ1v) is 7.27. The van der Waals surface area contributed by atoms with Gasteiger partial charge in [-0.15, -0.1) is 4.13 Å². The fourth-order valence-corrected chi connectivity index (χ4v) is 3.06. The molecule has 0 aliphatic rings. The Kier molecular flexibility index (Phi) is 5.31.